The van der Waals surface area contributed by atoms with Crippen LogP contribution in [0.2, 0.25) is 0 Å². The molecule has 2 N–H and O–H groups in total. The third kappa shape index (κ3) is 36.8. The van der Waals surface area contributed by atoms with Gasteiger partial charge in [-0.15, -0.1) is 0 Å². The predicted octanol–water partition coefficient (Wildman–Crippen LogP) is 11.2. The molecule has 0 aliphatic heterocycles. The largest absolute Gasteiger partial charge is 0.469 e. The average molecular weight is 697 g/mol. The Balaban J connectivity index is 4.05. The van der Waals surface area contributed by atoms with Crippen LogP contribution in [-0.4, -0.2) is 41.0 Å². The van der Waals surface area contributed by atoms with Gasteiger partial charge in [-0.2, -0.15) is 0 Å². The molecule has 8 nitrogen and oxygen atoms in total. The fraction of sp³-hybridized carbons (Fsp3) is 0.744. The molecule has 0 aliphatic rings. The fourth-order valence-electron chi connectivity index (χ4n) is 4.96. The van der Waals surface area contributed by atoms with Gasteiger partial charge in [-0.05, 0) is 77.0 Å². The third-order valence-corrected chi connectivity index (χ3v) is 8.31. The van der Waals surface area contributed by atoms with Crippen molar-refractivity contribution in [1.82, 2.24) is 0 Å². The molecule has 0 amide bonds. The highest BCUT2D eigenvalue weighted by molar-refractivity contribution is 7.46. The second-order valence-electron chi connectivity index (χ2n) is 12.5. The van der Waals surface area contributed by atoms with Gasteiger partial charge in [-0.1, -0.05) is 127 Å². The number of hydrogen-bond donors (Lipinski definition) is 2. The second-order valence-corrected chi connectivity index (χ2v) is 13.8. The Morgan fingerprint density at radius 2 is 0.938 bits per heavy atom. The Morgan fingerprint density at radius 3 is 1.50 bits per heavy atom. The summed E-state index contributed by atoms with van der Waals surface area (Å²) in [4.78, 5) is 42.7. The Morgan fingerprint density at radius 1 is 0.542 bits per heavy atom. The van der Waals surface area contributed by atoms with Crippen LogP contribution >= 0.6 is 7.82 Å². The van der Waals surface area contributed by atoms with Gasteiger partial charge in [0.1, 0.15) is 6.61 Å². The van der Waals surface area contributed by atoms with Gasteiger partial charge in [0.2, 0.25) is 0 Å². The summed E-state index contributed by atoms with van der Waals surface area (Å²) in [5, 5.41) is 0. The summed E-state index contributed by atoms with van der Waals surface area (Å²) in [6, 6.07) is 0. The number of unbranched alkanes of at least 4 members (excludes halogenated alkanes) is 16. The quantitative estimate of drug-likeness (QED) is 0.0295. The fourth-order valence-corrected chi connectivity index (χ4v) is 5.32. The lowest BCUT2D eigenvalue weighted by Crippen LogP contribution is -2.29. The zero-order valence-corrected chi connectivity index (χ0v) is 31.3. The van der Waals surface area contributed by atoms with Gasteiger partial charge in [0.15, 0.2) is 6.10 Å². The van der Waals surface area contributed by atoms with Crippen LogP contribution in [0.15, 0.2) is 48.6 Å². The van der Waals surface area contributed by atoms with E-state index in [-0.39, 0.29) is 19.4 Å². The highest BCUT2D eigenvalue weighted by Crippen LogP contribution is 2.36. The maximum atomic E-state index is 12.4. The van der Waals surface area contributed by atoms with Crippen molar-refractivity contribution >= 4 is 19.8 Å². The Kier molecular flexibility index (Phi) is 33.4. The lowest BCUT2D eigenvalue weighted by molar-refractivity contribution is -0.161. The maximum absolute atomic E-state index is 12.4. The molecule has 0 rings (SSSR count). The van der Waals surface area contributed by atoms with E-state index in [0.717, 1.165) is 57.8 Å². The van der Waals surface area contributed by atoms with E-state index in [1.165, 1.54) is 70.6 Å². The van der Waals surface area contributed by atoms with Crippen molar-refractivity contribution in [3.05, 3.63) is 48.6 Å². The van der Waals surface area contributed by atoms with Gasteiger partial charge >= 0.3 is 19.8 Å². The van der Waals surface area contributed by atoms with E-state index in [1.54, 1.807) is 0 Å². The van der Waals surface area contributed by atoms with E-state index in [1.807, 2.05) is 0 Å². The van der Waals surface area contributed by atoms with Crippen LogP contribution in [0.5, 0.6) is 0 Å². The number of carbonyl (C=O) groups is 2. The first-order valence-corrected chi connectivity index (χ1v) is 20.5. The molecule has 0 aliphatic carbocycles. The van der Waals surface area contributed by atoms with Gasteiger partial charge in [0, 0.05) is 12.8 Å². The van der Waals surface area contributed by atoms with E-state index in [9.17, 15) is 14.2 Å². The number of allylic oxidation sites excluding steroid dienone is 8. The normalized spacial score (nSPS) is 13.0. The Hall–Kier alpha value is -1.99. The number of hydrogen-bond acceptors (Lipinski definition) is 6. The minimum absolute atomic E-state index is 0.197. The molecule has 0 unspecified atom stereocenters. The molecular formula is C39H69O8P. The van der Waals surface area contributed by atoms with Crippen LogP contribution in [0.1, 0.15) is 168 Å². The minimum atomic E-state index is -4.76. The van der Waals surface area contributed by atoms with Crippen LogP contribution in [-0.2, 0) is 28.2 Å². The summed E-state index contributed by atoms with van der Waals surface area (Å²) in [5.41, 5.74) is 0. The van der Waals surface area contributed by atoms with E-state index >= 15 is 0 Å². The van der Waals surface area contributed by atoms with Crippen molar-refractivity contribution in [2.45, 2.75) is 174 Å². The standard InChI is InChI=1S/C39H69O8P/c1-3-5-7-9-11-13-15-17-19-21-23-25-27-29-31-33-38(40)45-35-37(36-46-48(42,43)44)47-39(41)34-32-30-28-26-24-22-20-18-16-14-12-10-8-6-4-2/h11,13-14,16-17,19,23,25,37H,3-10,12,15,18,20-22,24,26-36H2,1-2H3,(H2,42,43,44)/b13-11+,16-14+,19-17+,25-23+/t37-/m1/s1. The van der Waals surface area contributed by atoms with Crippen molar-refractivity contribution in [2.24, 2.45) is 0 Å². The van der Waals surface area contributed by atoms with Crippen molar-refractivity contribution < 1.29 is 37.9 Å². The topological polar surface area (TPSA) is 119 Å². The molecule has 0 fully saturated rings. The summed E-state index contributed by atoms with van der Waals surface area (Å²) in [7, 11) is -4.76. The molecule has 0 bridgehead atoms. The van der Waals surface area contributed by atoms with Crippen LogP contribution in [0, 0.1) is 0 Å². The number of esters is 2. The summed E-state index contributed by atoms with van der Waals surface area (Å²) in [6.45, 7) is 3.59. The average Bonchev–Trinajstić information content (AvgIpc) is 3.05. The predicted molar refractivity (Wildman–Crippen MR) is 198 cm³/mol. The molecule has 0 spiro atoms. The highest BCUT2D eigenvalue weighted by atomic mass is 31.2. The molecule has 0 radical (unpaired) electrons. The van der Waals surface area contributed by atoms with Crippen LogP contribution in [0.4, 0.5) is 0 Å². The first kappa shape index (κ1) is 46.0. The zero-order chi connectivity index (χ0) is 35.4. The smallest absolute Gasteiger partial charge is 0.462 e. The van der Waals surface area contributed by atoms with Crippen LogP contribution in [0.3, 0.4) is 0 Å². The van der Waals surface area contributed by atoms with Crippen molar-refractivity contribution in [3.63, 3.8) is 0 Å². The second kappa shape index (κ2) is 34.9. The minimum Gasteiger partial charge on any atom is -0.462 e. The first-order valence-electron chi connectivity index (χ1n) is 18.9. The summed E-state index contributed by atoms with van der Waals surface area (Å²) in [5.74, 6) is -0.937. The van der Waals surface area contributed by atoms with Gasteiger partial charge in [0.25, 0.3) is 0 Å². The summed E-state index contributed by atoms with van der Waals surface area (Å²) in [6.07, 6.45) is 41.1. The maximum Gasteiger partial charge on any atom is 0.469 e. The molecular weight excluding hydrogens is 627 g/mol. The van der Waals surface area contributed by atoms with Gasteiger partial charge in [-0.3, -0.25) is 14.1 Å². The molecule has 0 aromatic rings. The van der Waals surface area contributed by atoms with Crippen LogP contribution in [0.25, 0.3) is 0 Å². The summed E-state index contributed by atoms with van der Waals surface area (Å²) < 4.78 is 26.3. The van der Waals surface area contributed by atoms with Crippen molar-refractivity contribution in [3.8, 4) is 0 Å². The number of phosphoric acid groups is 1. The molecule has 0 saturated carbocycles. The molecule has 0 aromatic carbocycles. The third-order valence-electron chi connectivity index (χ3n) is 7.82. The van der Waals surface area contributed by atoms with Gasteiger partial charge in [0.05, 0.1) is 6.61 Å². The molecule has 0 saturated heterocycles. The van der Waals surface area contributed by atoms with E-state index < -0.39 is 32.5 Å². The van der Waals surface area contributed by atoms with E-state index in [0.29, 0.717) is 12.8 Å². The Labute approximate surface area is 293 Å². The molecule has 278 valence electrons. The van der Waals surface area contributed by atoms with E-state index in [4.69, 9.17) is 19.3 Å². The number of rotatable bonds is 34. The SMILES string of the molecule is CCCCC/C=C/C/C=C/C/C=C/CCCCC(=O)OC[C@H](COP(=O)(O)O)OC(=O)CCCCCCCCC/C=C/CCCCCC. The molecule has 0 heterocycles. The van der Waals surface area contributed by atoms with Gasteiger partial charge in [-0.25, -0.2) is 4.57 Å². The number of ether oxygens (including phenoxy) is 2. The molecule has 1 atom stereocenters. The van der Waals surface area contributed by atoms with Gasteiger partial charge < -0.3 is 19.3 Å². The lowest BCUT2D eigenvalue weighted by atomic mass is 10.1. The monoisotopic (exact) mass is 696 g/mol. The molecule has 9 heteroatoms. The first-order chi connectivity index (χ1) is 23.3. The van der Waals surface area contributed by atoms with Crippen molar-refractivity contribution in [1.29, 1.82) is 0 Å². The number of phosphoric ester groups is 1. The van der Waals surface area contributed by atoms with Crippen LogP contribution < -0.4 is 0 Å². The highest BCUT2D eigenvalue weighted by Gasteiger charge is 2.22. The molecule has 48 heavy (non-hydrogen) atoms. The Bertz CT molecular complexity index is 921. The lowest BCUT2D eigenvalue weighted by Gasteiger charge is -2.18. The summed E-state index contributed by atoms with van der Waals surface area (Å²) >= 11 is 0. The molecule has 0 aromatic heterocycles. The zero-order valence-electron chi connectivity index (χ0n) is 30.4. The van der Waals surface area contributed by atoms with Crippen molar-refractivity contribution in [2.75, 3.05) is 13.2 Å². The van der Waals surface area contributed by atoms with E-state index in [2.05, 4.69) is 67.0 Å². The number of carbonyl (C=O) groups excluding carboxylic acids is 2.